The third kappa shape index (κ3) is 2.18. The largest absolute Gasteiger partial charge is 0.466 e. The number of furan rings is 1. The van der Waals surface area contributed by atoms with Gasteiger partial charge in [-0.05, 0) is 39.0 Å². The lowest BCUT2D eigenvalue weighted by molar-refractivity contribution is 0.103. The summed E-state index contributed by atoms with van der Waals surface area (Å²) < 4.78 is 5.46. The molecule has 2 rings (SSSR count). The molecule has 0 aliphatic heterocycles. The van der Waals surface area contributed by atoms with Crippen molar-refractivity contribution in [2.24, 2.45) is 0 Å². The number of benzene rings is 1. The second-order valence-corrected chi connectivity index (χ2v) is 5.01. The normalized spacial score (nSPS) is 10.7. The number of carbonyl (C=O) groups excluding carboxylic acids is 1. The SMILES string of the molecule is Cc1oc(C)c(C(=O)c2ccc(Cl)cc2Cl)c1C. The highest BCUT2D eigenvalue weighted by atomic mass is 35.5. The van der Waals surface area contributed by atoms with Gasteiger partial charge >= 0.3 is 0 Å². The highest BCUT2D eigenvalue weighted by molar-refractivity contribution is 6.37. The lowest BCUT2D eigenvalue weighted by atomic mass is 10.00. The second-order valence-electron chi connectivity index (χ2n) is 4.17. The Morgan fingerprint density at radius 3 is 2.28 bits per heavy atom. The molecule has 0 amide bonds. The zero-order valence-electron chi connectivity index (χ0n) is 10.3. The Bertz CT molecular complexity index is 627. The van der Waals surface area contributed by atoms with Crippen LogP contribution in [0.1, 0.15) is 33.0 Å². The van der Waals surface area contributed by atoms with E-state index in [9.17, 15) is 4.79 Å². The van der Waals surface area contributed by atoms with Crippen molar-refractivity contribution in [1.82, 2.24) is 0 Å². The highest BCUT2D eigenvalue weighted by Gasteiger charge is 2.21. The molecular formula is C14H12Cl2O2. The Kier molecular flexibility index (Phi) is 3.51. The molecule has 1 aromatic heterocycles. The van der Waals surface area contributed by atoms with E-state index in [0.29, 0.717) is 26.9 Å². The van der Waals surface area contributed by atoms with Gasteiger partial charge in [-0.1, -0.05) is 23.2 Å². The Labute approximate surface area is 116 Å². The summed E-state index contributed by atoms with van der Waals surface area (Å²) >= 11 is 11.9. The summed E-state index contributed by atoms with van der Waals surface area (Å²) in [6.07, 6.45) is 0. The molecule has 2 aromatic rings. The van der Waals surface area contributed by atoms with E-state index >= 15 is 0 Å². The van der Waals surface area contributed by atoms with E-state index in [1.54, 1.807) is 25.1 Å². The molecule has 18 heavy (non-hydrogen) atoms. The van der Waals surface area contributed by atoms with Gasteiger partial charge in [-0.2, -0.15) is 0 Å². The maximum Gasteiger partial charge on any atom is 0.198 e. The molecule has 94 valence electrons. The predicted octanol–water partition coefficient (Wildman–Crippen LogP) is 4.74. The summed E-state index contributed by atoms with van der Waals surface area (Å²) in [6.45, 7) is 5.47. The maximum absolute atomic E-state index is 12.4. The van der Waals surface area contributed by atoms with Crippen molar-refractivity contribution in [3.63, 3.8) is 0 Å². The summed E-state index contributed by atoms with van der Waals surface area (Å²) in [6, 6.07) is 4.85. The average molecular weight is 283 g/mol. The van der Waals surface area contributed by atoms with Crippen molar-refractivity contribution in [2.45, 2.75) is 20.8 Å². The van der Waals surface area contributed by atoms with Gasteiger partial charge in [0.15, 0.2) is 5.78 Å². The number of carbonyl (C=O) groups is 1. The van der Waals surface area contributed by atoms with E-state index in [4.69, 9.17) is 27.6 Å². The second kappa shape index (κ2) is 4.79. The van der Waals surface area contributed by atoms with Crippen molar-refractivity contribution in [3.8, 4) is 0 Å². The maximum atomic E-state index is 12.4. The van der Waals surface area contributed by atoms with Gasteiger partial charge in [0.25, 0.3) is 0 Å². The number of hydrogen-bond acceptors (Lipinski definition) is 2. The fourth-order valence-electron chi connectivity index (χ4n) is 1.94. The van der Waals surface area contributed by atoms with E-state index < -0.39 is 0 Å². The fourth-order valence-corrected chi connectivity index (χ4v) is 2.43. The third-order valence-electron chi connectivity index (χ3n) is 2.96. The summed E-state index contributed by atoms with van der Waals surface area (Å²) in [4.78, 5) is 12.4. The van der Waals surface area contributed by atoms with Crippen LogP contribution in [0.4, 0.5) is 0 Å². The Morgan fingerprint density at radius 1 is 1.11 bits per heavy atom. The van der Waals surface area contributed by atoms with Crippen LogP contribution in [-0.4, -0.2) is 5.78 Å². The third-order valence-corrected chi connectivity index (χ3v) is 3.51. The van der Waals surface area contributed by atoms with Crippen molar-refractivity contribution in [1.29, 1.82) is 0 Å². The summed E-state index contributed by atoms with van der Waals surface area (Å²) in [5, 5.41) is 0.860. The van der Waals surface area contributed by atoms with Crippen molar-refractivity contribution in [3.05, 3.63) is 56.5 Å². The molecule has 2 nitrogen and oxygen atoms in total. The van der Waals surface area contributed by atoms with Crippen LogP contribution in [0.15, 0.2) is 22.6 Å². The van der Waals surface area contributed by atoms with Crippen LogP contribution < -0.4 is 0 Å². The molecule has 0 bridgehead atoms. The zero-order valence-corrected chi connectivity index (χ0v) is 11.8. The first kappa shape index (κ1) is 13.2. The zero-order chi connectivity index (χ0) is 13.4. The number of hydrogen-bond donors (Lipinski definition) is 0. The van der Waals surface area contributed by atoms with Gasteiger partial charge in [0, 0.05) is 16.1 Å². The lowest BCUT2D eigenvalue weighted by Gasteiger charge is -2.04. The Hall–Kier alpha value is -1.25. The average Bonchev–Trinajstić information content (AvgIpc) is 2.52. The quantitative estimate of drug-likeness (QED) is 0.745. The lowest BCUT2D eigenvalue weighted by Crippen LogP contribution is -2.04. The summed E-state index contributed by atoms with van der Waals surface area (Å²) in [7, 11) is 0. The molecule has 0 aliphatic rings. The standard InChI is InChI=1S/C14H12Cl2O2/c1-7-8(2)18-9(3)13(7)14(17)11-5-4-10(15)6-12(11)16/h4-6H,1-3H3. The first-order valence-electron chi connectivity index (χ1n) is 5.48. The van der Waals surface area contributed by atoms with E-state index in [1.807, 2.05) is 13.8 Å². The van der Waals surface area contributed by atoms with Crippen LogP contribution in [0.2, 0.25) is 10.0 Å². The van der Waals surface area contributed by atoms with Crippen molar-refractivity contribution in [2.75, 3.05) is 0 Å². The molecule has 1 aromatic carbocycles. The fraction of sp³-hybridized carbons (Fsp3) is 0.214. The minimum Gasteiger partial charge on any atom is -0.466 e. The number of ketones is 1. The van der Waals surface area contributed by atoms with Crippen LogP contribution in [0.3, 0.4) is 0 Å². The Balaban J connectivity index is 2.55. The minimum atomic E-state index is -0.136. The molecule has 0 unspecified atom stereocenters. The number of aryl methyl sites for hydroxylation is 2. The minimum absolute atomic E-state index is 0.136. The molecular weight excluding hydrogens is 271 g/mol. The van der Waals surface area contributed by atoms with Crippen molar-refractivity contribution >= 4 is 29.0 Å². The molecule has 0 spiro atoms. The van der Waals surface area contributed by atoms with Crippen LogP contribution in [0, 0.1) is 20.8 Å². The van der Waals surface area contributed by atoms with Gasteiger partial charge in [0.1, 0.15) is 11.5 Å². The predicted molar refractivity (Wildman–Crippen MR) is 72.8 cm³/mol. The summed E-state index contributed by atoms with van der Waals surface area (Å²) in [5.74, 6) is 1.23. The highest BCUT2D eigenvalue weighted by Crippen LogP contribution is 2.28. The Morgan fingerprint density at radius 2 is 1.78 bits per heavy atom. The molecule has 0 saturated carbocycles. The van der Waals surface area contributed by atoms with Crippen molar-refractivity contribution < 1.29 is 9.21 Å². The van der Waals surface area contributed by atoms with Gasteiger partial charge in [0.2, 0.25) is 0 Å². The van der Waals surface area contributed by atoms with Gasteiger partial charge in [-0.3, -0.25) is 4.79 Å². The van der Waals surface area contributed by atoms with Crippen LogP contribution in [0.25, 0.3) is 0 Å². The number of halogens is 2. The first-order chi connectivity index (χ1) is 8.41. The molecule has 0 N–H and O–H groups in total. The molecule has 0 saturated heterocycles. The van der Waals surface area contributed by atoms with Gasteiger partial charge in [-0.15, -0.1) is 0 Å². The smallest absolute Gasteiger partial charge is 0.198 e. The van der Waals surface area contributed by atoms with E-state index in [2.05, 4.69) is 0 Å². The van der Waals surface area contributed by atoms with Gasteiger partial charge < -0.3 is 4.42 Å². The monoisotopic (exact) mass is 282 g/mol. The van der Waals surface area contributed by atoms with Gasteiger partial charge in [-0.25, -0.2) is 0 Å². The molecule has 0 radical (unpaired) electrons. The van der Waals surface area contributed by atoms with E-state index in [-0.39, 0.29) is 5.78 Å². The van der Waals surface area contributed by atoms with E-state index in [1.165, 1.54) is 0 Å². The van der Waals surface area contributed by atoms with Crippen LogP contribution >= 0.6 is 23.2 Å². The molecule has 0 atom stereocenters. The molecule has 0 fully saturated rings. The topological polar surface area (TPSA) is 30.2 Å². The van der Waals surface area contributed by atoms with Crippen LogP contribution in [0.5, 0.6) is 0 Å². The van der Waals surface area contributed by atoms with E-state index in [0.717, 1.165) is 11.3 Å². The van der Waals surface area contributed by atoms with Gasteiger partial charge in [0.05, 0.1) is 10.6 Å². The molecule has 4 heteroatoms. The molecule has 0 aliphatic carbocycles. The molecule has 1 heterocycles. The number of rotatable bonds is 2. The first-order valence-corrected chi connectivity index (χ1v) is 6.23. The van der Waals surface area contributed by atoms with Crippen LogP contribution in [-0.2, 0) is 0 Å². The summed E-state index contributed by atoms with van der Waals surface area (Å²) in [5.41, 5.74) is 1.87.